The second kappa shape index (κ2) is 7.40. The molecule has 0 saturated heterocycles. The number of methoxy groups -OCH3 is 1. The van der Waals surface area contributed by atoms with Gasteiger partial charge in [0.2, 0.25) is 0 Å². The van der Waals surface area contributed by atoms with Crippen molar-refractivity contribution >= 4 is 38.6 Å². The zero-order valence-corrected chi connectivity index (χ0v) is 14.7. The number of carbonyl (C=O) groups is 1. The highest BCUT2D eigenvalue weighted by molar-refractivity contribution is 9.10. The average molecular weight is 386 g/mol. The molecule has 0 amide bonds. The predicted molar refractivity (Wildman–Crippen MR) is 96.9 cm³/mol. The molecule has 0 fully saturated rings. The SMILES string of the molecule is COC(=O)[C@H](CNc1ncnc2ccc(Br)cc12)c1ccccc1. The number of hydrogen-bond donors (Lipinski definition) is 1. The number of esters is 1. The highest BCUT2D eigenvalue weighted by Gasteiger charge is 2.21. The Morgan fingerprint density at radius 3 is 2.75 bits per heavy atom. The molecule has 0 aliphatic heterocycles. The Morgan fingerprint density at radius 1 is 1.21 bits per heavy atom. The highest BCUT2D eigenvalue weighted by atomic mass is 79.9. The minimum Gasteiger partial charge on any atom is -0.468 e. The lowest BCUT2D eigenvalue weighted by atomic mass is 9.99. The summed E-state index contributed by atoms with van der Waals surface area (Å²) in [6.07, 6.45) is 1.51. The van der Waals surface area contributed by atoms with Crippen LogP contribution in [0.15, 0.2) is 59.3 Å². The zero-order chi connectivity index (χ0) is 16.9. The fourth-order valence-electron chi connectivity index (χ4n) is 2.53. The lowest BCUT2D eigenvalue weighted by Gasteiger charge is -2.17. The molecule has 6 heteroatoms. The summed E-state index contributed by atoms with van der Waals surface area (Å²) >= 11 is 3.46. The van der Waals surface area contributed by atoms with Gasteiger partial charge in [0.25, 0.3) is 0 Å². The van der Waals surface area contributed by atoms with Crippen LogP contribution in [-0.2, 0) is 9.53 Å². The van der Waals surface area contributed by atoms with Crippen LogP contribution in [0, 0.1) is 0 Å². The van der Waals surface area contributed by atoms with E-state index >= 15 is 0 Å². The molecule has 0 aliphatic carbocycles. The Kier molecular flexibility index (Phi) is 5.05. The molecule has 24 heavy (non-hydrogen) atoms. The van der Waals surface area contributed by atoms with Gasteiger partial charge in [0, 0.05) is 16.4 Å². The predicted octanol–water partition coefficient (Wildman–Crippen LogP) is 3.76. The maximum absolute atomic E-state index is 12.1. The first-order valence-electron chi connectivity index (χ1n) is 7.46. The molecule has 5 nitrogen and oxygen atoms in total. The topological polar surface area (TPSA) is 64.1 Å². The van der Waals surface area contributed by atoms with Crippen molar-refractivity contribution in [1.82, 2.24) is 9.97 Å². The quantitative estimate of drug-likeness (QED) is 0.677. The number of nitrogens with zero attached hydrogens (tertiary/aromatic N) is 2. The molecule has 2 aromatic carbocycles. The molecule has 0 aliphatic rings. The van der Waals surface area contributed by atoms with Crippen LogP contribution in [0.2, 0.25) is 0 Å². The van der Waals surface area contributed by atoms with E-state index in [1.807, 2.05) is 48.5 Å². The Labute approximate surface area is 148 Å². The van der Waals surface area contributed by atoms with Crippen LogP contribution in [0.3, 0.4) is 0 Å². The maximum atomic E-state index is 12.1. The molecule has 1 atom stereocenters. The number of hydrogen-bond acceptors (Lipinski definition) is 5. The van der Waals surface area contributed by atoms with Crippen LogP contribution in [0.25, 0.3) is 10.9 Å². The van der Waals surface area contributed by atoms with E-state index in [1.54, 1.807) is 0 Å². The van der Waals surface area contributed by atoms with Gasteiger partial charge in [-0.1, -0.05) is 46.3 Å². The number of aromatic nitrogens is 2. The van der Waals surface area contributed by atoms with Gasteiger partial charge in [-0.2, -0.15) is 0 Å². The molecule has 0 bridgehead atoms. The molecule has 0 saturated carbocycles. The summed E-state index contributed by atoms with van der Waals surface area (Å²) < 4.78 is 5.89. The van der Waals surface area contributed by atoms with E-state index in [1.165, 1.54) is 13.4 Å². The number of benzene rings is 2. The van der Waals surface area contributed by atoms with E-state index in [4.69, 9.17) is 4.74 Å². The van der Waals surface area contributed by atoms with Gasteiger partial charge in [0.05, 0.1) is 18.5 Å². The van der Waals surface area contributed by atoms with Crippen molar-refractivity contribution in [2.45, 2.75) is 5.92 Å². The highest BCUT2D eigenvalue weighted by Crippen LogP contribution is 2.25. The first-order chi connectivity index (χ1) is 11.7. The number of halogens is 1. The third-order valence-corrected chi connectivity index (χ3v) is 4.25. The molecule has 3 rings (SSSR count). The third-order valence-electron chi connectivity index (χ3n) is 3.76. The van der Waals surface area contributed by atoms with Crippen LogP contribution < -0.4 is 5.32 Å². The van der Waals surface area contributed by atoms with Gasteiger partial charge in [-0.15, -0.1) is 0 Å². The number of carbonyl (C=O) groups excluding carboxylic acids is 1. The van der Waals surface area contributed by atoms with Crippen molar-refractivity contribution in [2.24, 2.45) is 0 Å². The van der Waals surface area contributed by atoms with E-state index in [2.05, 4.69) is 31.2 Å². The summed E-state index contributed by atoms with van der Waals surface area (Å²) in [6.45, 7) is 0.384. The van der Waals surface area contributed by atoms with Crippen LogP contribution in [0.5, 0.6) is 0 Å². The molecular formula is C18H16BrN3O2. The van der Waals surface area contributed by atoms with E-state index in [0.717, 1.165) is 20.9 Å². The van der Waals surface area contributed by atoms with Gasteiger partial charge in [-0.3, -0.25) is 4.79 Å². The number of fused-ring (bicyclic) bond motifs is 1. The summed E-state index contributed by atoms with van der Waals surface area (Å²) in [4.78, 5) is 20.7. The Bertz CT molecular complexity index is 855. The molecule has 3 aromatic rings. The second-order valence-corrected chi connectivity index (χ2v) is 6.17. The summed E-state index contributed by atoms with van der Waals surface area (Å²) in [6, 6.07) is 15.4. The standard InChI is InChI=1S/C18H16BrN3O2/c1-24-18(23)15(12-5-3-2-4-6-12)10-20-17-14-9-13(19)7-8-16(14)21-11-22-17/h2-9,11,15H,10H2,1H3,(H,20,21,22)/t15-/m1/s1. The third kappa shape index (κ3) is 3.54. The van der Waals surface area contributed by atoms with Gasteiger partial charge in [0.1, 0.15) is 12.1 Å². The summed E-state index contributed by atoms with van der Waals surface area (Å²) in [5.41, 5.74) is 1.74. The van der Waals surface area contributed by atoms with Crippen LogP contribution >= 0.6 is 15.9 Å². The van der Waals surface area contributed by atoms with Crippen LogP contribution in [0.4, 0.5) is 5.82 Å². The molecule has 0 radical (unpaired) electrons. The van der Waals surface area contributed by atoms with Crippen molar-refractivity contribution in [2.75, 3.05) is 19.0 Å². The van der Waals surface area contributed by atoms with Crippen molar-refractivity contribution < 1.29 is 9.53 Å². The van der Waals surface area contributed by atoms with Crippen molar-refractivity contribution in [3.05, 3.63) is 64.9 Å². The molecule has 1 aromatic heterocycles. The van der Waals surface area contributed by atoms with E-state index < -0.39 is 5.92 Å². The zero-order valence-electron chi connectivity index (χ0n) is 13.1. The van der Waals surface area contributed by atoms with Gasteiger partial charge >= 0.3 is 5.97 Å². The molecule has 0 spiro atoms. The first kappa shape index (κ1) is 16.4. The minimum atomic E-state index is -0.409. The molecular weight excluding hydrogens is 370 g/mol. The normalized spacial score (nSPS) is 11.9. The number of nitrogens with one attached hydrogen (secondary N) is 1. The van der Waals surface area contributed by atoms with Gasteiger partial charge in [0.15, 0.2) is 0 Å². The van der Waals surface area contributed by atoms with Gasteiger partial charge in [-0.25, -0.2) is 9.97 Å². The van der Waals surface area contributed by atoms with E-state index in [-0.39, 0.29) is 5.97 Å². The Balaban J connectivity index is 1.88. The smallest absolute Gasteiger partial charge is 0.314 e. The molecule has 1 N–H and O–H groups in total. The monoisotopic (exact) mass is 385 g/mol. The lowest BCUT2D eigenvalue weighted by Crippen LogP contribution is -2.23. The summed E-state index contributed by atoms with van der Waals surface area (Å²) in [5, 5.41) is 4.15. The fourth-order valence-corrected chi connectivity index (χ4v) is 2.89. The summed E-state index contributed by atoms with van der Waals surface area (Å²) in [5.74, 6) is -0.00672. The number of anilines is 1. The molecule has 122 valence electrons. The fraction of sp³-hybridized carbons (Fsp3) is 0.167. The van der Waals surface area contributed by atoms with Crippen LogP contribution in [-0.4, -0.2) is 29.6 Å². The van der Waals surface area contributed by atoms with Gasteiger partial charge < -0.3 is 10.1 Å². The van der Waals surface area contributed by atoms with Crippen LogP contribution in [0.1, 0.15) is 11.5 Å². The lowest BCUT2D eigenvalue weighted by molar-refractivity contribution is -0.142. The minimum absolute atomic E-state index is 0.284. The average Bonchev–Trinajstić information content (AvgIpc) is 2.62. The Morgan fingerprint density at radius 2 is 2.00 bits per heavy atom. The Hall–Kier alpha value is -2.47. The first-order valence-corrected chi connectivity index (χ1v) is 8.25. The van der Waals surface area contributed by atoms with Crippen molar-refractivity contribution in [3.63, 3.8) is 0 Å². The maximum Gasteiger partial charge on any atom is 0.314 e. The van der Waals surface area contributed by atoms with Crippen molar-refractivity contribution in [1.29, 1.82) is 0 Å². The molecule has 0 unspecified atom stereocenters. The molecule has 1 heterocycles. The van der Waals surface area contributed by atoms with Crippen molar-refractivity contribution in [3.8, 4) is 0 Å². The number of rotatable bonds is 5. The largest absolute Gasteiger partial charge is 0.468 e. The van der Waals surface area contributed by atoms with Gasteiger partial charge in [-0.05, 0) is 23.8 Å². The summed E-state index contributed by atoms with van der Waals surface area (Å²) in [7, 11) is 1.40. The van der Waals surface area contributed by atoms with E-state index in [0.29, 0.717) is 12.4 Å². The number of ether oxygens (including phenoxy) is 1. The second-order valence-electron chi connectivity index (χ2n) is 5.25. The van der Waals surface area contributed by atoms with E-state index in [9.17, 15) is 4.79 Å².